The Morgan fingerprint density at radius 3 is 2.02 bits per heavy atom. The van der Waals surface area contributed by atoms with Gasteiger partial charge in [-0.2, -0.15) is 0 Å². The van der Waals surface area contributed by atoms with Gasteiger partial charge < -0.3 is 34.4 Å². The number of fused-ring (bicyclic) bond motifs is 1. The Bertz CT molecular complexity index is 2390. The summed E-state index contributed by atoms with van der Waals surface area (Å²) in [6, 6.07) is 19.5. The minimum Gasteiger partial charge on any atom is -0.453 e. The highest BCUT2D eigenvalue weighted by molar-refractivity contribution is 5.91. The molecule has 3 aromatic carbocycles. The number of H-pyrrole nitrogens is 2. The maximum Gasteiger partial charge on any atom is 0.425 e. The van der Waals surface area contributed by atoms with Crippen molar-refractivity contribution in [3.8, 4) is 33.6 Å². The number of nitrogens with one attached hydrogen (secondary N) is 4. The molecule has 1 saturated carbocycles. The number of hydrogen-bond donors (Lipinski definition) is 4. The van der Waals surface area contributed by atoms with Gasteiger partial charge in [-0.25, -0.2) is 30.0 Å². The summed E-state index contributed by atoms with van der Waals surface area (Å²) in [7, 11) is 2.55. The molecule has 5 aromatic rings. The van der Waals surface area contributed by atoms with Gasteiger partial charge in [0.1, 0.15) is 29.5 Å². The highest BCUT2D eigenvalue weighted by Crippen LogP contribution is 2.40. The van der Waals surface area contributed by atoms with Gasteiger partial charge in [0.25, 0.3) is 0 Å². The van der Waals surface area contributed by atoms with Crippen molar-refractivity contribution in [3.63, 3.8) is 0 Å². The first kappa shape index (κ1) is 42.9. The maximum atomic E-state index is 13.9. The lowest BCUT2D eigenvalue weighted by Crippen LogP contribution is -2.56. The molecule has 4 atom stereocenters. The van der Waals surface area contributed by atoms with E-state index >= 15 is 0 Å². The van der Waals surface area contributed by atoms with Crippen molar-refractivity contribution in [1.82, 2.24) is 40.6 Å². The van der Waals surface area contributed by atoms with Crippen LogP contribution in [-0.2, 0) is 23.8 Å². The van der Waals surface area contributed by atoms with Gasteiger partial charge in [0.2, 0.25) is 11.8 Å². The second-order valence-corrected chi connectivity index (χ2v) is 17.0. The second kappa shape index (κ2) is 17.8. The molecular weight excluding hydrogens is 777 g/mol. The number of hydrazine groups is 1. The smallest absolute Gasteiger partial charge is 0.425 e. The molecule has 0 unspecified atom stereocenters. The Balaban J connectivity index is 1.05. The lowest BCUT2D eigenvalue weighted by atomic mass is 9.78. The van der Waals surface area contributed by atoms with E-state index in [9.17, 15) is 19.2 Å². The number of amides is 4. The third-order valence-corrected chi connectivity index (χ3v) is 11.9. The fourth-order valence-corrected chi connectivity index (χ4v) is 8.55. The molecule has 322 valence electrons. The summed E-state index contributed by atoms with van der Waals surface area (Å²) in [5.74, 6) is 0.349. The van der Waals surface area contributed by atoms with Crippen molar-refractivity contribution < 1.29 is 33.4 Å². The SMILES string of the molecule is COC(=O)N[C@H](C(=O)N1[C@H](c2ncc(-c3ccc(-c4ccc5cc(-c6cnc([C@H]7CCCC[C@H]7C(=O)N(NC(=O)OC)C(C)C)[nH]6)ccc5c4)cc3)[nH]2)COC1(C)C)C(C)C. The number of carbonyl (C=O) groups excluding carboxylic acids is 4. The molecule has 1 aliphatic heterocycles. The lowest BCUT2D eigenvalue weighted by molar-refractivity contribution is -0.149. The summed E-state index contributed by atoms with van der Waals surface area (Å²) in [5.41, 5.74) is 7.42. The summed E-state index contributed by atoms with van der Waals surface area (Å²) in [6.45, 7) is 11.4. The van der Waals surface area contributed by atoms with E-state index in [1.807, 2.05) is 59.9 Å². The zero-order chi connectivity index (χ0) is 43.6. The molecule has 0 radical (unpaired) electrons. The number of rotatable bonds is 10. The van der Waals surface area contributed by atoms with Gasteiger partial charge in [-0.05, 0) is 86.1 Å². The fraction of sp³-hybridized carbons (Fsp3) is 0.435. The van der Waals surface area contributed by atoms with E-state index in [1.165, 1.54) is 19.2 Å². The lowest BCUT2D eigenvalue weighted by Gasteiger charge is -2.36. The van der Waals surface area contributed by atoms with Crippen LogP contribution >= 0.6 is 0 Å². The zero-order valence-electron chi connectivity index (χ0n) is 36.1. The van der Waals surface area contributed by atoms with Gasteiger partial charge in [0.05, 0.1) is 44.6 Å². The van der Waals surface area contributed by atoms with E-state index in [1.54, 1.807) is 11.1 Å². The first-order valence-electron chi connectivity index (χ1n) is 20.9. The summed E-state index contributed by atoms with van der Waals surface area (Å²) < 4.78 is 15.6. The molecule has 2 aliphatic rings. The third-order valence-electron chi connectivity index (χ3n) is 11.9. The number of benzene rings is 3. The van der Waals surface area contributed by atoms with Gasteiger partial charge in [-0.1, -0.05) is 75.2 Å². The molecule has 2 aromatic heterocycles. The molecule has 15 heteroatoms. The number of nitrogens with zero attached hydrogens (tertiary/aromatic N) is 4. The maximum absolute atomic E-state index is 13.9. The summed E-state index contributed by atoms with van der Waals surface area (Å²) >= 11 is 0. The number of ether oxygens (including phenoxy) is 3. The molecule has 7 rings (SSSR count). The van der Waals surface area contributed by atoms with Crippen LogP contribution in [0.4, 0.5) is 9.59 Å². The first-order chi connectivity index (χ1) is 29.2. The van der Waals surface area contributed by atoms with Crippen molar-refractivity contribution in [2.45, 2.75) is 97.0 Å². The molecule has 2 fully saturated rings. The topological polar surface area (TPSA) is 184 Å². The monoisotopic (exact) mass is 832 g/mol. The van der Waals surface area contributed by atoms with Crippen molar-refractivity contribution in [3.05, 3.63) is 84.7 Å². The van der Waals surface area contributed by atoms with E-state index in [-0.39, 0.29) is 42.2 Å². The number of imidazole rings is 2. The summed E-state index contributed by atoms with van der Waals surface area (Å²) in [4.78, 5) is 69.8. The molecule has 1 aliphatic carbocycles. The quantitative estimate of drug-likeness (QED) is 0.101. The van der Waals surface area contributed by atoms with Gasteiger partial charge in [-0.3, -0.25) is 9.59 Å². The fourth-order valence-electron chi connectivity index (χ4n) is 8.55. The Morgan fingerprint density at radius 1 is 0.787 bits per heavy atom. The highest BCUT2D eigenvalue weighted by Gasteiger charge is 2.48. The van der Waals surface area contributed by atoms with Gasteiger partial charge >= 0.3 is 12.2 Å². The zero-order valence-corrected chi connectivity index (χ0v) is 36.1. The number of carbonyl (C=O) groups is 4. The van der Waals surface area contributed by atoms with Crippen LogP contribution in [-0.4, -0.2) is 92.5 Å². The Morgan fingerprint density at radius 2 is 1.36 bits per heavy atom. The number of alkyl carbamates (subject to hydrolysis) is 1. The van der Waals surface area contributed by atoms with Crippen molar-refractivity contribution >= 4 is 34.8 Å². The minimum atomic E-state index is -0.920. The van der Waals surface area contributed by atoms with Crippen LogP contribution in [0.15, 0.2) is 73.1 Å². The van der Waals surface area contributed by atoms with Crippen LogP contribution in [0.2, 0.25) is 0 Å². The number of aromatic amines is 2. The number of aromatic nitrogens is 4. The Labute approximate surface area is 355 Å². The molecule has 0 spiro atoms. The van der Waals surface area contributed by atoms with E-state index in [4.69, 9.17) is 19.2 Å². The minimum absolute atomic E-state index is 0.100. The van der Waals surface area contributed by atoms with Crippen LogP contribution < -0.4 is 10.7 Å². The van der Waals surface area contributed by atoms with Crippen LogP contribution in [0.5, 0.6) is 0 Å². The molecule has 15 nitrogen and oxygen atoms in total. The summed E-state index contributed by atoms with van der Waals surface area (Å²) in [6.07, 6.45) is 5.73. The van der Waals surface area contributed by atoms with Crippen LogP contribution in [0.3, 0.4) is 0 Å². The normalized spacial score (nSPS) is 19.2. The van der Waals surface area contributed by atoms with Crippen molar-refractivity contribution in [1.29, 1.82) is 0 Å². The molecule has 0 bridgehead atoms. The third kappa shape index (κ3) is 8.97. The molecule has 3 heterocycles. The van der Waals surface area contributed by atoms with E-state index < -0.39 is 30.0 Å². The average molecular weight is 833 g/mol. The molecule has 1 saturated heterocycles. The second-order valence-electron chi connectivity index (χ2n) is 17.0. The Hall–Kier alpha value is -6.22. The molecule has 4 N–H and O–H groups in total. The predicted molar refractivity (Wildman–Crippen MR) is 231 cm³/mol. The van der Waals surface area contributed by atoms with Crippen LogP contribution in [0, 0.1) is 11.8 Å². The van der Waals surface area contributed by atoms with Gasteiger partial charge in [0, 0.05) is 23.4 Å². The number of methoxy groups -OCH3 is 2. The van der Waals surface area contributed by atoms with Gasteiger partial charge in [0.15, 0.2) is 0 Å². The van der Waals surface area contributed by atoms with E-state index in [2.05, 4.69) is 74.2 Å². The average Bonchev–Trinajstić information content (AvgIpc) is 4.03. The van der Waals surface area contributed by atoms with Crippen molar-refractivity contribution in [2.24, 2.45) is 11.8 Å². The van der Waals surface area contributed by atoms with Crippen LogP contribution in [0.25, 0.3) is 44.4 Å². The van der Waals surface area contributed by atoms with E-state index in [0.29, 0.717) is 12.2 Å². The standard InChI is InChI=1S/C46H56N8O7/c1-26(2)39(51-44(57)59-7)43(56)53-38(25-61-46(53,5)6)41-48-23-36(50-41)29-15-13-28(14-16-29)30-17-18-32-22-33(20-19-31(32)21-30)37-24-47-40(49-37)34-11-9-10-12-35(34)42(55)54(27(3)4)52-45(58)60-8/h13-24,26-27,34-35,38-39H,9-12,25H2,1-8H3,(H,47,49)(H,48,50)(H,51,57)(H,52,58)/t34-,35+,38-,39-/m0/s1. The first-order valence-corrected chi connectivity index (χ1v) is 20.9. The molecule has 4 amide bonds. The number of hydrogen-bond acceptors (Lipinski definition) is 9. The van der Waals surface area contributed by atoms with Crippen LogP contribution in [0.1, 0.15) is 90.8 Å². The van der Waals surface area contributed by atoms with E-state index in [0.717, 1.165) is 69.5 Å². The van der Waals surface area contributed by atoms with Crippen molar-refractivity contribution in [2.75, 3.05) is 20.8 Å². The predicted octanol–water partition coefficient (Wildman–Crippen LogP) is 8.09. The largest absolute Gasteiger partial charge is 0.453 e. The highest BCUT2D eigenvalue weighted by atomic mass is 16.5. The van der Waals surface area contributed by atoms with Gasteiger partial charge in [-0.15, -0.1) is 0 Å². The summed E-state index contributed by atoms with van der Waals surface area (Å²) in [5, 5.41) is 6.24. The molecule has 61 heavy (non-hydrogen) atoms. The molecular formula is C46H56N8O7. The Kier molecular flexibility index (Phi) is 12.5.